The topological polar surface area (TPSA) is 100 Å². The highest BCUT2D eigenvalue weighted by atomic mass is 32.1. The van der Waals surface area contributed by atoms with Crippen molar-refractivity contribution in [1.82, 2.24) is 14.7 Å². The maximum atomic E-state index is 12.3. The van der Waals surface area contributed by atoms with Crippen LogP contribution in [0.4, 0.5) is 10.6 Å². The van der Waals surface area contributed by atoms with Crippen molar-refractivity contribution in [3.63, 3.8) is 0 Å². The molecular weight excluding hydrogens is 354 g/mol. The fourth-order valence-electron chi connectivity index (χ4n) is 2.49. The van der Waals surface area contributed by atoms with Crippen LogP contribution in [0.5, 0.6) is 0 Å². The molecule has 1 aliphatic heterocycles. The van der Waals surface area contributed by atoms with Crippen molar-refractivity contribution in [2.45, 2.75) is 32.4 Å². The number of carbonyl (C=O) groups is 2. The largest absolute Gasteiger partial charge is 0.444 e. The number of carbonyl (C=O) groups excluding carboxylic acids is 2. The molecule has 1 N–H and O–H groups in total. The Morgan fingerprint density at radius 3 is 2.69 bits per heavy atom. The summed E-state index contributed by atoms with van der Waals surface area (Å²) in [6.45, 7) is 6.41. The standard InChI is InChI=1S/C17H19N5O3S/c1-17(2,3)25-16(24)21-9-11(10-21)22-14(6-7-19-22)20-15(23)13-5-4-12(8-18)26-13/h4-7,11H,9-10H2,1-3H3,(H,20,23). The van der Waals surface area contributed by atoms with Crippen LogP contribution >= 0.6 is 11.3 Å². The molecule has 3 heterocycles. The van der Waals surface area contributed by atoms with Crippen LogP contribution in [0.15, 0.2) is 24.4 Å². The van der Waals surface area contributed by atoms with Gasteiger partial charge in [-0.1, -0.05) is 0 Å². The summed E-state index contributed by atoms with van der Waals surface area (Å²) in [5.74, 6) is 0.261. The van der Waals surface area contributed by atoms with E-state index in [-0.39, 0.29) is 18.0 Å². The molecule has 136 valence electrons. The van der Waals surface area contributed by atoms with Gasteiger partial charge in [-0.2, -0.15) is 10.4 Å². The summed E-state index contributed by atoms with van der Waals surface area (Å²) in [7, 11) is 0. The van der Waals surface area contributed by atoms with E-state index in [0.717, 1.165) is 11.3 Å². The first kappa shape index (κ1) is 17.9. The van der Waals surface area contributed by atoms with Crippen molar-refractivity contribution < 1.29 is 14.3 Å². The number of likely N-dealkylation sites (tertiary alicyclic amines) is 1. The highest BCUT2D eigenvalue weighted by Gasteiger charge is 2.36. The number of hydrogen-bond donors (Lipinski definition) is 1. The van der Waals surface area contributed by atoms with Crippen molar-refractivity contribution in [3.8, 4) is 6.07 Å². The molecule has 3 rings (SSSR count). The summed E-state index contributed by atoms with van der Waals surface area (Å²) in [6, 6.07) is 6.92. The molecule has 2 aromatic heterocycles. The smallest absolute Gasteiger partial charge is 0.410 e. The zero-order valence-corrected chi connectivity index (χ0v) is 15.5. The number of nitriles is 1. The number of hydrogen-bond acceptors (Lipinski definition) is 6. The third-order valence-electron chi connectivity index (χ3n) is 3.71. The number of amides is 2. The number of anilines is 1. The molecule has 0 atom stereocenters. The zero-order valence-electron chi connectivity index (χ0n) is 14.7. The molecule has 0 aliphatic carbocycles. The second kappa shape index (κ2) is 6.80. The van der Waals surface area contributed by atoms with Crippen molar-refractivity contribution in [2.24, 2.45) is 0 Å². The minimum absolute atomic E-state index is 0.0224. The molecule has 0 unspecified atom stereocenters. The zero-order chi connectivity index (χ0) is 18.9. The third-order valence-corrected chi connectivity index (χ3v) is 4.70. The van der Waals surface area contributed by atoms with Gasteiger partial charge in [-0.15, -0.1) is 11.3 Å². The van der Waals surface area contributed by atoms with Gasteiger partial charge in [0.25, 0.3) is 5.91 Å². The summed E-state index contributed by atoms with van der Waals surface area (Å²) in [4.78, 5) is 26.9. The SMILES string of the molecule is CC(C)(C)OC(=O)N1CC(n2nccc2NC(=O)c2ccc(C#N)s2)C1. The molecule has 1 fully saturated rings. The van der Waals surface area contributed by atoms with Gasteiger partial charge >= 0.3 is 6.09 Å². The van der Waals surface area contributed by atoms with Gasteiger partial charge in [-0.05, 0) is 32.9 Å². The van der Waals surface area contributed by atoms with Crippen LogP contribution in [0.1, 0.15) is 41.4 Å². The molecule has 0 bridgehead atoms. The maximum Gasteiger partial charge on any atom is 0.410 e. The van der Waals surface area contributed by atoms with Gasteiger partial charge < -0.3 is 15.0 Å². The summed E-state index contributed by atoms with van der Waals surface area (Å²) in [5, 5.41) is 15.9. The predicted molar refractivity (Wildman–Crippen MR) is 96.1 cm³/mol. The Bertz CT molecular complexity index is 868. The van der Waals surface area contributed by atoms with Crippen LogP contribution in [0.3, 0.4) is 0 Å². The number of nitrogens with zero attached hydrogens (tertiary/aromatic N) is 4. The molecule has 2 aromatic rings. The average molecular weight is 373 g/mol. The van der Waals surface area contributed by atoms with Gasteiger partial charge in [0.2, 0.25) is 0 Å². The summed E-state index contributed by atoms with van der Waals surface area (Å²) in [6.07, 6.45) is 1.25. The van der Waals surface area contributed by atoms with E-state index in [1.165, 1.54) is 0 Å². The van der Waals surface area contributed by atoms with E-state index in [4.69, 9.17) is 10.00 Å². The van der Waals surface area contributed by atoms with Crippen molar-refractivity contribution in [2.75, 3.05) is 18.4 Å². The van der Waals surface area contributed by atoms with Gasteiger partial charge in [0, 0.05) is 19.2 Å². The van der Waals surface area contributed by atoms with Crippen LogP contribution in [0.2, 0.25) is 0 Å². The normalized spacial score (nSPS) is 14.5. The lowest BCUT2D eigenvalue weighted by atomic mass is 10.1. The highest BCUT2D eigenvalue weighted by molar-refractivity contribution is 7.14. The minimum atomic E-state index is -0.532. The van der Waals surface area contributed by atoms with E-state index < -0.39 is 5.60 Å². The molecule has 8 nitrogen and oxygen atoms in total. The Balaban J connectivity index is 1.61. The van der Waals surface area contributed by atoms with Crippen molar-refractivity contribution >= 4 is 29.2 Å². The number of ether oxygens (including phenoxy) is 1. The first-order chi connectivity index (χ1) is 12.3. The Hall–Kier alpha value is -2.86. The van der Waals surface area contributed by atoms with Crippen LogP contribution in [0.25, 0.3) is 0 Å². The first-order valence-electron chi connectivity index (χ1n) is 8.09. The third kappa shape index (κ3) is 3.86. The van der Waals surface area contributed by atoms with Gasteiger partial charge in [0.15, 0.2) is 0 Å². The molecule has 0 radical (unpaired) electrons. The monoisotopic (exact) mass is 373 g/mol. The maximum absolute atomic E-state index is 12.3. The number of nitrogens with one attached hydrogen (secondary N) is 1. The van der Waals surface area contributed by atoms with E-state index >= 15 is 0 Å². The second-order valence-electron chi connectivity index (χ2n) is 6.93. The first-order valence-corrected chi connectivity index (χ1v) is 8.91. The molecule has 26 heavy (non-hydrogen) atoms. The lowest BCUT2D eigenvalue weighted by Crippen LogP contribution is -2.52. The molecular formula is C17H19N5O3S. The lowest BCUT2D eigenvalue weighted by molar-refractivity contribution is -0.000164. The van der Waals surface area contributed by atoms with E-state index in [2.05, 4.69) is 10.4 Å². The number of thiophene rings is 1. The summed E-state index contributed by atoms with van der Waals surface area (Å²) < 4.78 is 7.03. The molecule has 2 amide bonds. The Morgan fingerprint density at radius 2 is 2.08 bits per heavy atom. The molecule has 0 spiro atoms. The molecule has 0 aromatic carbocycles. The van der Waals surface area contributed by atoms with Crippen LogP contribution in [0, 0.1) is 11.3 Å². The van der Waals surface area contributed by atoms with Crippen LogP contribution in [-0.2, 0) is 4.74 Å². The fraction of sp³-hybridized carbons (Fsp3) is 0.412. The molecule has 1 aliphatic rings. The molecule has 1 saturated heterocycles. The van der Waals surface area contributed by atoms with Gasteiger partial charge in [0.1, 0.15) is 22.4 Å². The fourth-order valence-corrected chi connectivity index (χ4v) is 3.19. The highest BCUT2D eigenvalue weighted by Crippen LogP contribution is 2.26. The van der Waals surface area contributed by atoms with E-state index in [0.29, 0.717) is 28.7 Å². The van der Waals surface area contributed by atoms with Crippen molar-refractivity contribution in [3.05, 3.63) is 34.2 Å². The Labute approximate surface area is 155 Å². The number of rotatable bonds is 3. The summed E-state index contributed by atoms with van der Waals surface area (Å²) in [5.41, 5.74) is -0.532. The average Bonchev–Trinajstić information content (AvgIpc) is 3.13. The quantitative estimate of drug-likeness (QED) is 0.892. The molecule has 0 saturated carbocycles. The lowest BCUT2D eigenvalue weighted by Gasteiger charge is -2.40. The van der Waals surface area contributed by atoms with Gasteiger partial charge in [0.05, 0.1) is 17.1 Å². The van der Waals surface area contributed by atoms with Crippen molar-refractivity contribution in [1.29, 1.82) is 5.26 Å². The van der Waals surface area contributed by atoms with E-state index in [1.54, 1.807) is 34.0 Å². The van der Waals surface area contributed by atoms with E-state index in [9.17, 15) is 9.59 Å². The van der Waals surface area contributed by atoms with Crippen LogP contribution < -0.4 is 5.32 Å². The van der Waals surface area contributed by atoms with Crippen LogP contribution in [-0.4, -0.2) is 45.4 Å². The Kier molecular flexibility index (Phi) is 4.70. The molecule has 9 heteroatoms. The van der Waals surface area contributed by atoms with E-state index in [1.807, 2.05) is 26.8 Å². The minimum Gasteiger partial charge on any atom is -0.444 e. The van der Waals surface area contributed by atoms with Gasteiger partial charge in [-0.25, -0.2) is 9.48 Å². The summed E-state index contributed by atoms with van der Waals surface area (Å²) >= 11 is 1.13. The predicted octanol–water partition coefficient (Wildman–Crippen LogP) is 2.86. The number of aromatic nitrogens is 2. The van der Waals surface area contributed by atoms with Gasteiger partial charge in [-0.3, -0.25) is 4.79 Å². The second-order valence-corrected chi connectivity index (χ2v) is 8.01. The Morgan fingerprint density at radius 1 is 1.35 bits per heavy atom.